The third-order valence-corrected chi connectivity index (χ3v) is 9.79. The molecule has 1 aromatic heterocycles. The van der Waals surface area contributed by atoms with Crippen LogP contribution in [-0.2, 0) is 15.3 Å². The minimum absolute atomic E-state index is 0.101. The number of unbranched alkanes of at least 4 members (excludes halogenated alkanes) is 1. The van der Waals surface area contributed by atoms with Crippen LogP contribution in [0.25, 0.3) is 16.5 Å². The van der Waals surface area contributed by atoms with Gasteiger partial charge in [-0.15, -0.1) is 10.2 Å². The fourth-order valence-electron chi connectivity index (χ4n) is 5.24. The second kappa shape index (κ2) is 13.2. The monoisotopic (exact) mass is 639 g/mol. The number of fused-ring (bicyclic) bond motifs is 1. The minimum atomic E-state index is -1.01. The zero-order chi connectivity index (χ0) is 31.5. The van der Waals surface area contributed by atoms with Gasteiger partial charge in [0.25, 0.3) is 5.78 Å². The number of aromatic nitrogens is 2. The van der Waals surface area contributed by atoms with Crippen LogP contribution in [0.5, 0.6) is 5.75 Å². The number of thioether (sulfide) groups is 1. The van der Waals surface area contributed by atoms with Crippen molar-refractivity contribution >= 4 is 56.5 Å². The summed E-state index contributed by atoms with van der Waals surface area (Å²) < 4.78 is 20.9. The van der Waals surface area contributed by atoms with E-state index in [0.717, 1.165) is 35.2 Å². The van der Waals surface area contributed by atoms with Crippen LogP contribution in [-0.4, -0.2) is 33.6 Å². The molecule has 1 atom stereocenters. The zero-order valence-electron chi connectivity index (χ0n) is 24.7. The number of ketones is 1. The maximum absolute atomic E-state index is 14.5. The van der Waals surface area contributed by atoms with Gasteiger partial charge in [-0.05, 0) is 59.0 Å². The van der Waals surface area contributed by atoms with Gasteiger partial charge in [0.2, 0.25) is 5.13 Å². The van der Waals surface area contributed by atoms with Crippen LogP contribution >= 0.6 is 23.1 Å². The number of amides is 1. The second-order valence-electron chi connectivity index (χ2n) is 10.7. The fourth-order valence-corrected chi connectivity index (χ4v) is 7.11. The zero-order valence-corrected chi connectivity index (χ0v) is 26.3. The summed E-state index contributed by atoms with van der Waals surface area (Å²) in [7, 11) is 0. The van der Waals surface area contributed by atoms with Crippen LogP contribution < -0.4 is 9.64 Å². The van der Waals surface area contributed by atoms with Gasteiger partial charge in [-0.2, -0.15) is 0 Å². The number of nitrogens with zero attached hydrogens (tertiary/aromatic N) is 3. The molecule has 5 aromatic rings. The molecule has 10 heteroatoms. The first-order valence-electron chi connectivity index (χ1n) is 14.6. The van der Waals surface area contributed by atoms with Gasteiger partial charge in [0.05, 0.1) is 18.2 Å². The average Bonchev–Trinajstić information content (AvgIpc) is 3.63. The summed E-state index contributed by atoms with van der Waals surface area (Å²) in [5.41, 5.74) is 2.05. The number of carbonyl (C=O) groups excluding carboxylic acids is 2. The summed E-state index contributed by atoms with van der Waals surface area (Å²) >= 11 is 2.68. The van der Waals surface area contributed by atoms with Crippen LogP contribution in [0, 0.1) is 12.7 Å². The Morgan fingerprint density at radius 1 is 1.02 bits per heavy atom. The van der Waals surface area contributed by atoms with Crippen LogP contribution in [0.15, 0.2) is 94.8 Å². The van der Waals surface area contributed by atoms with Crippen LogP contribution in [0.3, 0.4) is 0 Å². The number of aryl methyl sites for hydroxylation is 1. The molecule has 0 bridgehead atoms. The molecule has 1 N–H and O–H groups in total. The van der Waals surface area contributed by atoms with Gasteiger partial charge >= 0.3 is 5.91 Å². The number of ether oxygens (including phenoxy) is 1. The number of aliphatic hydroxyl groups is 1. The largest absolute Gasteiger partial charge is 0.507 e. The van der Waals surface area contributed by atoms with Crippen molar-refractivity contribution in [3.05, 3.63) is 119 Å². The van der Waals surface area contributed by atoms with E-state index in [9.17, 15) is 19.1 Å². The molecule has 0 saturated carbocycles. The highest BCUT2D eigenvalue weighted by atomic mass is 32.2. The van der Waals surface area contributed by atoms with Crippen LogP contribution in [0.4, 0.5) is 9.52 Å². The summed E-state index contributed by atoms with van der Waals surface area (Å²) in [5, 5.41) is 22.5. The normalized spacial score (nSPS) is 16.1. The quantitative estimate of drug-likeness (QED) is 0.0411. The van der Waals surface area contributed by atoms with Crippen LogP contribution in [0.2, 0.25) is 0 Å². The molecule has 0 spiro atoms. The molecule has 1 amide bonds. The molecular formula is C35H30FN3O4S2. The van der Waals surface area contributed by atoms with E-state index in [-0.39, 0.29) is 16.3 Å². The van der Waals surface area contributed by atoms with Crippen LogP contribution in [0.1, 0.15) is 48.1 Å². The lowest BCUT2D eigenvalue weighted by molar-refractivity contribution is -0.132. The Morgan fingerprint density at radius 3 is 2.58 bits per heavy atom. The molecule has 1 unspecified atom stereocenters. The van der Waals surface area contributed by atoms with Gasteiger partial charge in [0, 0.05) is 11.3 Å². The maximum Gasteiger partial charge on any atom is 0.301 e. The van der Waals surface area contributed by atoms with Gasteiger partial charge in [-0.25, -0.2) is 4.39 Å². The molecule has 6 rings (SSSR count). The lowest BCUT2D eigenvalue weighted by atomic mass is 9.95. The smallest absolute Gasteiger partial charge is 0.301 e. The Bertz CT molecular complexity index is 1920. The highest BCUT2D eigenvalue weighted by Crippen LogP contribution is 2.44. The van der Waals surface area contributed by atoms with Gasteiger partial charge in [-0.1, -0.05) is 103 Å². The van der Waals surface area contributed by atoms with Crippen molar-refractivity contribution in [1.29, 1.82) is 0 Å². The third kappa shape index (κ3) is 6.21. The van der Waals surface area contributed by atoms with E-state index in [1.54, 1.807) is 31.2 Å². The lowest BCUT2D eigenvalue weighted by Gasteiger charge is -2.22. The first-order chi connectivity index (χ1) is 21.9. The summed E-state index contributed by atoms with van der Waals surface area (Å²) in [6, 6.07) is 24.5. The van der Waals surface area contributed by atoms with E-state index in [0.29, 0.717) is 33.6 Å². The molecule has 2 heterocycles. The van der Waals surface area contributed by atoms with Crippen molar-refractivity contribution in [3.8, 4) is 5.75 Å². The molecule has 1 aliphatic rings. The highest BCUT2D eigenvalue weighted by molar-refractivity contribution is 8.00. The lowest BCUT2D eigenvalue weighted by Crippen LogP contribution is -2.29. The summed E-state index contributed by atoms with van der Waals surface area (Å²) in [6.45, 7) is 4.25. The van der Waals surface area contributed by atoms with Crippen molar-refractivity contribution in [2.75, 3.05) is 11.5 Å². The first-order valence-corrected chi connectivity index (χ1v) is 16.4. The van der Waals surface area contributed by atoms with Crippen molar-refractivity contribution in [2.45, 2.75) is 42.8 Å². The molecule has 0 radical (unpaired) electrons. The number of rotatable bonds is 10. The number of benzene rings is 4. The predicted octanol–water partition coefficient (Wildman–Crippen LogP) is 8.24. The molecule has 45 heavy (non-hydrogen) atoms. The minimum Gasteiger partial charge on any atom is -0.507 e. The van der Waals surface area contributed by atoms with Gasteiger partial charge < -0.3 is 9.84 Å². The summed E-state index contributed by atoms with van der Waals surface area (Å²) in [6.07, 6.45) is 1.91. The van der Waals surface area contributed by atoms with E-state index < -0.39 is 29.3 Å². The number of halogens is 1. The van der Waals surface area contributed by atoms with Crippen molar-refractivity contribution < 1.29 is 23.8 Å². The number of hydrogen-bond acceptors (Lipinski definition) is 8. The number of aliphatic hydroxyl groups excluding tert-OH is 1. The number of Topliss-reactive ketones (excluding diaryl/α,β-unsaturated/α-hetero) is 1. The molecule has 1 saturated heterocycles. The molecule has 7 nitrogen and oxygen atoms in total. The van der Waals surface area contributed by atoms with Crippen molar-refractivity contribution in [3.63, 3.8) is 0 Å². The van der Waals surface area contributed by atoms with Crippen molar-refractivity contribution in [1.82, 2.24) is 10.2 Å². The topological polar surface area (TPSA) is 92.6 Å². The van der Waals surface area contributed by atoms with E-state index >= 15 is 0 Å². The maximum atomic E-state index is 14.5. The number of anilines is 1. The fraction of sp³-hybridized carbons (Fsp3) is 0.200. The van der Waals surface area contributed by atoms with Gasteiger partial charge in [0.15, 0.2) is 4.34 Å². The molecule has 4 aromatic carbocycles. The Labute approximate surface area is 268 Å². The molecule has 1 fully saturated rings. The molecule has 1 aliphatic heterocycles. The standard InChI is InChI=1S/C35H30FN3O4S2/c1-3-4-18-43-26-16-14-23(15-17-26)30-29(31(40)24-13-12-21(2)28(36)19-24)32(41)33(42)39(30)34-37-38-35(45-34)44-20-25-10-7-9-22-8-5-6-11-27(22)25/h5-17,19,30,40H,3-4,18,20H2,1-2H3/b31-29-. The second-order valence-corrected chi connectivity index (χ2v) is 12.9. The van der Waals surface area contributed by atoms with Crippen molar-refractivity contribution in [2.24, 2.45) is 0 Å². The SMILES string of the molecule is CCCCOc1ccc(C2/C(=C(/O)c3ccc(C)c(F)c3)C(=O)C(=O)N2c2nnc(SCc3cccc4ccccc34)s2)cc1. The Morgan fingerprint density at radius 2 is 1.80 bits per heavy atom. The van der Waals surface area contributed by atoms with Gasteiger partial charge in [-0.3, -0.25) is 14.5 Å². The van der Waals surface area contributed by atoms with E-state index in [4.69, 9.17) is 4.74 Å². The summed E-state index contributed by atoms with van der Waals surface area (Å²) in [5.74, 6) is -1.45. The first kappa shape index (κ1) is 30.5. The molecule has 0 aliphatic carbocycles. The van der Waals surface area contributed by atoms with E-state index in [2.05, 4.69) is 41.4 Å². The third-order valence-electron chi connectivity index (χ3n) is 7.69. The van der Waals surface area contributed by atoms with E-state index in [1.165, 1.54) is 40.1 Å². The van der Waals surface area contributed by atoms with Gasteiger partial charge in [0.1, 0.15) is 17.3 Å². The number of carbonyl (C=O) groups is 2. The Balaban J connectivity index is 1.35. The predicted molar refractivity (Wildman–Crippen MR) is 176 cm³/mol. The average molecular weight is 640 g/mol. The summed E-state index contributed by atoms with van der Waals surface area (Å²) in [4.78, 5) is 28.4. The Kier molecular flexibility index (Phi) is 8.95. The van der Waals surface area contributed by atoms with E-state index in [1.807, 2.05) is 18.2 Å². The highest BCUT2D eigenvalue weighted by Gasteiger charge is 2.48. The molecule has 228 valence electrons. The Hall–Kier alpha value is -4.54. The molecular weight excluding hydrogens is 610 g/mol. The number of hydrogen-bond donors (Lipinski definition) is 1.